The number of para-hydroxylation sites is 1. The molecule has 1 fully saturated rings. The number of Topliss-reactive ketones (excluding diaryl/α,β-unsaturated/α-hetero) is 1. The quantitative estimate of drug-likeness (QED) is 0.224. The van der Waals surface area contributed by atoms with Gasteiger partial charge in [-0.3, -0.25) is 4.79 Å². The predicted octanol–water partition coefficient (Wildman–Crippen LogP) is 4.67. The van der Waals surface area contributed by atoms with Gasteiger partial charge in [-0.05, 0) is 58.9 Å². The van der Waals surface area contributed by atoms with Gasteiger partial charge in [0.05, 0.1) is 23.5 Å². The van der Waals surface area contributed by atoms with Crippen LogP contribution in [0, 0.1) is 12.8 Å². The summed E-state index contributed by atoms with van der Waals surface area (Å²) in [6.45, 7) is 10.9. The van der Waals surface area contributed by atoms with Crippen molar-refractivity contribution >= 4 is 27.7 Å². The van der Waals surface area contributed by atoms with E-state index in [0.29, 0.717) is 22.4 Å². The summed E-state index contributed by atoms with van der Waals surface area (Å²) in [6.07, 6.45) is -3.94. The molecule has 0 amide bonds. The van der Waals surface area contributed by atoms with Gasteiger partial charge in [-0.15, -0.1) is 0 Å². The number of carbonyl (C=O) groups is 1. The van der Waals surface area contributed by atoms with Crippen LogP contribution in [0.4, 0.5) is 0 Å². The van der Waals surface area contributed by atoms with Crippen molar-refractivity contribution in [3.63, 3.8) is 0 Å². The summed E-state index contributed by atoms with van der Waals surface area (Å²) in [7, 11) is 0. The Hall–Kier alpha value is -3.66. The van der Waals surface area contributed by atoms with Gasteiger partial charge in [0.1, 0.15) is 11.7 Å². The maximum Gasteiger partial charge on any atom is 0.339 e. The molecular formula is C31H35NO8. The van der Waals surface area contributed by atoms with E-state index in [1.807, 2.05) is 52.0 Å². The first-order valence-corrected chi connectivity index (χ1v) is 13.4. The van der Waals surface area contributed by atoms with Crippen LogP contribution in [0.2, 0.25) is 0 Å². The van der Waals surface area contributed by atoms with Crippen molar-refractivity contribution in [1.29, 1.82) is 0 Å². The number of ether oxygens (including phenoxy) is 3. The second-order valence-corrected chi connectivity index (χ2v) is 11.3. The number of hydrogen-bond donors (Lipinski definition) is 3. The summed E-state index contributed by atoms with van der Waals surface area (Å²) >= 11 is 0. The van der Waals surface area contributed by atoms with E-state index in [1.165, 1.54) is 0 Å². The van der Waals surface area contributed by atoms with E-state index in [-0.39, 0.29) is 41.1 Å². The van der Waals surface area contributed by atoms with Crippen LogP contribution < -0.4 is 15.1 Å². The third kappa shape index (κ3) is 5.12. The fraction of sp³-hybridized carbons (Fsp3) is 0.419. The van der Waals surface area contributed by atoms with Crippen molar-refractivity contribution in [2.24, 2.45) is 5.92 Å². The third-order valence-corrected chi connectivity index (χ3v) is 7.68. The first-order valence-electron chi connectivity index (χ1n) is 13.4. The highest BCUT2D eigenvalue weighted by molar-refractivity contribution is 6.00. The highest BCUT2D eigenvalue weighted by atomic mass is 16.7. The van der Waals surface area contributed by atoms with E-state index >= 15 is 0 Å². The highest BCUT2D eigenvalue weighted by Gasteiger charge is 2.48. The predicted molar refractivity (Wildman–Crippen MR) is 150 cm³/mol. The molecule has 0 spiro atoms. The molecule has 4 atom stereocenters. The molecule has 3 heterocycles. The van der Waals surface area contributed by atoms with Gasteiger partial charge in [-0.2, -0.15) is 0 Å². The van der Waals surface area contributed by atoms with E-state index in [0.717, 1.165) is 10.9 Å². The number of carbonyl (C=O) groups excluding carboxylic acids is 1. The summed E-state index contributed by atoms with van der Waals surface area (Å²) in [5, 5.41) is 22.8. The van der Waals surface area contributed by atoms with E-state index in [2.05, 4.69) is 4.98 Å². The Morgan fingerprint density at radius 3 is 2.52 bits per heavy atom. The van der Waals surface area contributed by atoms with Crippen molar-refractivity contribution in [1.82, 2.24) is 4.98 Å². The Balaban J connectivity index is 1.51. The summed E-state index contributed by atoms with van der Waals surface area (Å²) < 4.78 is 23.9. The summed E-state index contributed by atoms with van der Waals surface area (Å²) in [6, 6.07) is 12.6. The Kier molecular flexibility index (Phi) is 7.24. The number of rotatable bonds is 7. The lowest BCUT2D eigenvalue weighted by Crippen LogP contribution is -2.59. The summed E-state index contributed by atoms with van der Waals surface area (Å²) in [5.74, 6) is 0.00304. The number of benzene rings is 2. The van der Waals surface area contributed by atoms with Gasteiger partial charge < -0.3 is 33.8 Å². The number of aliphatic hydroxyl groups excluding tert-OH is 2. The number of hydrogen-bond acceptors (Lipinski definition) is 8. The Labute approximate surface area is 231 Å². The zero-order chi connectivity index (χ0) is 28.9. The van der Waals surface area contributed by atoms with Crippen molar-refractivity contribution in [2.75, 3.05) is 0 Å². The zero-order valence-corrected chi connectivity index (χ0v) is 23.5. The van der Waals surface area contributed by atoms with Crippen LogP contribution in [0.5, 0.6) is 11.5 Å². The van der Waals surface area contributed by atoms with Gasteiger partial charge in [0.25, 0.3) is 0 Å². The fourth-order valence-electron chi connectivity index (χ4n) is 5.08. The second-order valence-electron chi connectivity index (χ2n) is 11.3. The molecule has 2 aromatic carbocycles. The number of ketones is 1. The molecule has 0 radical (unpaired) electrons. The molecule has 9 nitrogen and oxygen atoms in total. The lowest BCUT2D eigenvalue weighted by molar-refractivity contribution is -0.285. The van der Waals surface area contributed by atoms with E-state index in [9.17, 15) is 19.8 Å². The third-order valence-electron chi connectivity index (χ3n) is 7.68. The first kappa shape index (κ1) is 27.9. The van der Waals surface area contributed by atoms with E-state index in [4.69, 9.17) is 18.6 Å². The van der Waals surface area contributed by atoms with Gasteiger partial charge in [-0.25, -0.2) is 4.79 Å². The van der Waals surface area contributed by atoms with Crippen LogP contribution in [-0.2, 0) is 11.2 Å². The molecule has 4 aromatic rings. The highest BCUT2D eigenvalue weighted by Crippen LogP contribution is 2.41. The first-order chi connectivity index (χ1) is 18.9. The normalized spacial score (nSPS) is 22.6. The van der Waals surface area contributed by atoms with Crippen molar-refractivity contribution < 1.29 is 33.6 Å². The minimum absolute atomic E-state index is 0.143. The number of aromatic amines is 1. The number of nitrogens with one attached hydrogen (secondary N) is 1. The second kappa shape index (κ2) is 10.4. The maximum absolute atomic E-state index is 13.0. The SMILES string of the molecule is Cc1c(OC2OC(C)(C)[C@H](C)[C@H](O)[C@@H]2O)c(OC(C)C)cc2cc(CC(=O)c3cc4ccccc4[nH]3)c(=O)oc12. The number of H-pyrrole nitrogens is 1. The molecule has 5 rings (SSSR count). The van der Waals surface area contributed by atoms with Crippen molar-refractivity contribution in [3.8, 4) is 11.5 Å². The molecule has 9 heteroatoms. The van der Waals surface area contributed by atoms with Gasteiger partial charge in [0, 0.05) is 39.8 Å². The van der Waals surface area contributed by atoms with Crippen LogP contribution in [0.3, 0.4) is 0 Å². The Morgan fingerprint density at radius 2 is 1.82 bits per heavy atom. The molecular weight excluding hydrogens is 514 g/mol. The van der Waals surface area contributed by atoms with Gasteiger partial charge >= 0.3 is 5.63 Å². The van der Waals surface area contributed by atoms with E-state index in [1.54, 1.807) is 32.0 Å². The number of aliphatic hydroxyl groups is 2. The maximum atomic E-state index is 13.0. The lowest BCUT2D eigenvalue weighted by atomic mass is 9.82. The average molecular weight is 550 g/mol. The molecule has 1 aliphatic rings. The van der Waals surface area contributed by atoms with Crippen molar-refractivity contribution in [2.45, 2.75) is 78.2 Å². The smallest absolute Gasteiger partial charge is 0.339 e. The molecule has 1 saturated heterocycles. The van der Waals surface area contributed by atoms with E-state index < -0.39 is 29.7 Å². The minimum Gasteiger partial charge on any atom is -0.487 e. The zero-order valence-electron chi connectivity index (χ0n) is 23.5. The fourth-order valence-corrected chi connectivity index (χ4v) is 5.08. The minimum atomic E-state index is -1.31. The van der Waals surface area contributed by atoms with Crippen LogP contribution in [-0.4, -0.2) is 51.2 Å². The lowest BCUT2D eigenvalue weighted by Gasteiger charge is -2.46. The topological polar surface area (TPSA) is 131 Å². The summed E-state index contributed by atoms with van der Waals surface area (Å²) in [4.78, 5) is 29.2. The van der Waals surface area contributed by atoms with Gasteiger partial charge in [0.15, 0.2) is 17.3 Å². The van der Waals surface area contributed by atoms with Crippen LogP contribution in [0.1, 0.15) is 56.2 Å². The van der Waals surface area contributed by atoms with Crippen LogP contribution in [0.15, 0.2) is 51.7 Å². The Bertz CT molecular complexity index is 1600. The monoisotopic (exact) mass is 549 g/mol. The summed E-state index contributed by atoms with van der Waals surface area (Å²) in [5.41, 5.74) is 0.776. The van der Waals surface area contributed by atoms with Gasteiger partial charge in [-0.1, -0.05) is 25.1 Å². The van der Waals surface area contributed by atoms with Gasteiger partial charge in [0.2, 0.25) is 6.29 Å². The number of aromatic nitrogens is 1. The molecule has 1 unspecified atom stereocenters. The van der Waals surface area contributed by atoms with Crippen molar-refractivity contribution in [3.05, 3.63) is 69.7 Å². The molecule has 3 N–H and O–H groups in total. The Morgan fingerprint density at radius 1 is 1.10 bits per heavy atom. The standard InChI is InChI=1S/C31H35NO8/c1-15(2)37-24-14-19-11-20(13-23(33)22-12-18-9-7-8-10-21(18)32-22)29(36)38-27(19)16(3)28(24)39-30-26(35)25(34)17(4)31(5,6)40-30/h7-12,14-15,17,25-26,30,32,34-35H,13H2,1-6H3/t17-,25+,26+,30?/m1/s1. The molecule has 2 aromatic heterocycles. The molecule has 0 aliphatic carbocycles. The van der Waals surface area contributed by atoms with Crippen LogP contribution >= 0.6 is 0 Å². The molecule has 0 saturated carbocycles. The average Bonchev–Trinajstić information content (AvgIpc) is 3.33. The molecule has 1 aliphatic heterocycles. The number of fused-ring (bicyclic) bond motifs is 2. The molecule has 212 valence electrons. The number of aryl methyl sites for hydroxylation is 1. The molecule has 40 heavy (non-hydrogen) atoms. The molecule has 0 bridgehead atoms. The van der Waals surface area contributed by atoms with Crippen LogP contribution in [0.25, 0.3) is 21.9 Å². The largest absolute Gasteiger partial charge is 0.487 e.